The summed E-state index contributed by atoms with van der Waals surface area (Å²) in [7, 11) is 0. The largest absolute Gasteiger partial charge is 0.0867 e. The van der Waals surface area contributed by atoms with Crippen LogP contribution in [0.15, 0.2) is 121 Å². The highest BCUT2D eigenvalue weighted by atomic mass is 79.9. The van der Waals surface area contributed by atoms with Gasteiger partial charge in [-0.1, -0.05) is 185 Å². The van der Waals surface area contributed by atoms with Crippen molar-refractivity contribution < 1.29 is 0 Å². The van der Waals surface area contributed by atoms with Crippen LogP contribution in [0.2, 0.25) is 0 Å². The highest BCUT2D eigenvalue weighted by molar-refractivity contribution is 9.10. The quantitative estimate of drug-likeness (QED) is 0.162. The average Bonchev–Trinajstić information content (AvgIpc) is 2.88. The van der Waals surface area contributed by atoms with E-state index in [1.807, 2.05) is 0 Å². The minimum absolute atomic E-state index is 0.329. The Morgan fingerprint density at radius 1 is 0.294 bits per heavy atom. The zero-order valence-corrected chi connectivity index (χ0v) is 24.4. The molecule has 13 aliphatic rings. The number of alkyl halides is 4. The van der Waals surface area contributed by atoms with Gasteiger partial charge >= 0.3 is 0 Å². The van der Waals surface area contributed by atoms with E-state index in [0.29, 0.717) is 0 Å². The van der Waals surface area contributed by atoms with Crippen LogP contribution in [0, 0.1) is 0 Å². The Kier molecular flexibility index (Phi) is 5.42. The molecule has 0 N–H and O–H groups in total. The molecule has 3 aromatic rings. The molecule has 10 bridgehead atoms. The second-order valence-electron chi connectivity index (χ2n) is 9.14. The molecule has 0 fully saturated rings. The maximum atomic E-state index is 3.98. The summed E-state index contributed by atoms with van der Waals surface area (Å²) in [5.74, 6) is 0. The van der Waals surface area contributed by atoms with Crippen LogP contribution in [0.25, 0.3) is 11.1 Å². The Bertz CT molecular complexity index is 1240. The molecule has 0 unspecified atom stereocenters. The molecule has 0 radical (unpaired) electrons. The smallest absolute Gasteiger partial charge is 0.0709 e. The van der Waals surface area contributed by atoms with Gasteiger partial charge in [-0.25, -0.2) is 0 Å². The molecule has 0 aliphatic heterocycles. The molecule has 0 heterocycles. The summed E-state index contributed by atoms with van der Waals surface area (Å²) >= 11 is 15.9. The molecule has 3 aromatic carbocycles. The fraction of sp³-hybridized carbons (Fsp3) is 0.133. The van der Waals surface area contributed by atoms with Gasteiger partial charge in [-0.2, -0.15) is 0 Å². The lowest BCUT2D eigenvalue weighted by molar-refractivity contribution is 0.885. The molecule has 0 saturated heterocycles. The standard InChI is InChI=1S/C30H20Br4/c31-27-13-17-29(33,18-14-27)25-9-11-26(12-10-25)30(34)19-15-28(32,16-20-30)24-7-3-22(4-8-24)21-1-5-23(27)6-2-21/h1-20H. The van der Waals surface area contributed by atoms with Crippen molar-refractivity contribution in [3.05, 3.63) is 144 Å². The van der Waals surface area contributed by atoms with Crippen molar-refractivity contribution in [2.75, 3.05) is 0 Å². The van der Waals surface area contributed by atoms with Crippen molar-refractivity contribution in [1.29, 1.82) is 0 Å². The van der Waals surface area contributed by atoms with Crippen LogP contribution in [0.5, 0.6) is 0 Å². The van der Waals surface area contributed by atoms with Crippen LogP contribution < -0.4 is 0 Å². The Hall–Kier alpha value is -1.46. The fourth-order valence-corrected chi connectivity index (χ4v) is 6.89. The summed E-state index contributed by atoms with van der Waals surface area (Å²) in [5.41, 5.74) is 7.20. The average molecular weight is 700 g/mol. The van der Waals surface area contributed by atoms with E-state index in [0.717, 1.165) is 0 Å². The first kappa shape index (κ1) is 23.0. The van der Waals surface area contributed by atoms with E-state index in [-0.39, 0.29) is 17.3 Å². The van der Waals surface area contributed by atoms with Gasteiger partial charge in [0.05, 0.1) is 17.3 Å². The number of hydrogen-bond donors (Lipinski definition) is 0. The molecule has 0 nitrogen and oxygen atoms in total. The SMILES string of the molecule is BrC12C=CC(Br)(C=C1)c1ccc(cc1)C1(Br)C=CC(Br)(C=C1)c1ccc(cc1)-c1ccc2cc1. The number of hydrogen-bond acceptors (Lipinski definition) is 0. The topological polar surface area (TPSA) is 0 Å². The van der Waals surface area contributed by atoms with E-state index >= 15 is 0 Å². The first-order chi connectivity index (χ1) is 16.2. The van der Waals surface area contributed by atoms with Gasteiger partial charge < -0.3 is 0 Å². The third-order valence-corrected chi connectivity index (χ3v) is 11.0. The first-order valence-corrected chi connectivity index (χ1v) is 14.3. The molecule has 0 spiro atoms. The normalized spacial score (nSPS) is 32.7. The molecule has 168 valence electrons. The van der Waals surface area contributed by atoms with Crippen LogP contribution in [0.3, 0.4) is 0 Å². The molecule has 34 heavy (non-hydrogen) atoms. The predicted octanol–water partition coefficient (Wildman–Crippen LogP) is 9.68. The van der Waals surface area contributed by atoms with Gasteiger partial charge in [0, 0.05) is 0 Å². The molecule has 13 aliphatic carbocycles. The summed E-state index contributed by atoms with van der Waals surface area (Å²) in [6, 6.07) is 26.4. The molecular weight excluding hydrogens is 680 g/mol. The molecular formula is C30H20Br4. The Morgan fingerprint density at radius 2 is 0.471 bits per heavy atom. The van der Waals surface area contributed by atoms with E-state index in [1.165, 1.54) is 33.4 Å². The first-order valence-electron chi connectivity index (χ1n) is 11.1. The second kappa shape index (κ2) is 8.03. The Balaban J connectivity index is 1.52. The second-order valence-corrected chi connectivity index (χ2v) is 14.4. The van der Waals surface area contributed by atoms with Crippen molar-refractivity contribution in [3.8, 4) is 11.1 Å². The Labute approximate surface area is 234 Å². The molecule has 16 rings (SSSR count). The third-order valence-electron chi connectivity index (χ3n) is 7.03. The van der Waals surface area contributed by atoms with E-state index in [1.54, 1.807) is 0 Å². The predicted molar refractivity (Wildman–Crippen MR) is 157 cm³/mol. The monoisotopic (exact) mass is 696 g/mol. The maximum absolute atomic E-state index is 3.98. The Morgan fingerprint density at radius 3 is 0.676 bits per heavy atom. The van der Waals surface area contributed by atoms with Gasteiger partial charge in [-0.3, -0.25) is 0 Å². The van der Waals surface area contributed by atoms with Gasteiger partial charge in [-0.15, -0.1) is 0 Å². The van der Waals surface area contributed by atoms with Crippen molar-refractivity contribution in [3.63, 3.8) is 0 Å². The summed E-state index contributed by atoms with van der Waals surface area (Å²) in [6.07, 6.45) is 17.8. The van der Waals surface area contributed by atoms with Crippen LogP contribution in [-0.4, -0.2) is 0 Å². The van der Waals surface area contributed by atoms with Crippen LogP contribution in [-0.2, 0) is 17.3 Å². The van der Waals surface area contributed by atoms with Crippen LogP contribution in [0.1, 0.15) is 22.3 Å². The zero-order valence-electron chi connectivity index (χ0n) is 18.1. The van der Waals surface area contributed by atoms with Gasteiger partial charge in [0.15, 0.2) is 0 Å². The van der Waals surface area contributed by atoms with Crippen LogP contribution in [0.4, 0.5) is 0 Å². The lowest BCUT2D eigenvalue weighted by Crippen LogP contribution is -2.23. The van der Waals surface area contributed by atoms with Crippen LogP contribution >= 0.6 is 63.7 Å². The third kappa shape index (κ3) is 3.73. The van der Waals surface area contributed by atoms with E-state index < -0.39 is 0 Å². The lowest BCUT2D eigenvalue weighted by atomic mass is 9.84. The highest BCUT2D eigenvalue weighted by Crippen LogP contribution is 2.48. The molecule has 0 amide bonds. The molecule has 0 aromatic heterocycles. The lowest BCUT2D eigenvalue weighted by Gasteiger charge is -2.33. The van der Waals surface area contributed by atoms with Crippen molar-refractivity contribution >= 4 is 63.7 Å². The van der Waals surface area contributed by atoms with E-state index in [9.17, 15) is 0 Å². The molecule has 0 saturated carbocycles. The van der Waals surface area contributed by atoms with E-state index in [4.69, 9.17) is 0 Å². The summed E-state index contributed by atoms with van der Waals surface area (Å²) in [6.45, 7) is 0. The highest BCUT2D eigenvalue weighted by Gasteiger charge is 2.35. The number of rotatable bonds is 0. The molecule has 4 heteroatoms. The van der Waals surface area contributed by atoms with E-state index in [2.05, 4.69) is 185 Å². The number of benzene rings is 3. The summed E-state index contributed by atoms with van der Waals surface area (Å²) in [5, 5.41) is 0. The fourth-order valence-electron chi connectivity index (χ4n) is 4.78. The van der Waals surface area contributed by atoms with Crippen molar-refractivity contribution in [2.24, 2.45) is 0 Å². The minimum Gasteiger partial charge on any atom is -0.0709 e. The van der Waals surface area contributed by atoms with Gasteiger partial charge in [0.1, 0.15) is 0 Å². The number of halogens is 4. The van der Waals surface area contributed by atoms with Gasteiger partial charge in [-0.05, 0) is 33.4 Å². The van der Waals surface area contributed by atoms with Gasteiger partial charge in [0.2, 0.25) is 0 Å². The molecule has 0 atom stereocenters. The maximum Gasteiger partial charge on any atom is 0.0867 e. The van der Waals surface area contributed by atoms with Crippen molar-refractivity contribution in [1.82, 2.24) is 0 Å². The zero-order chi connectivity index (χ0) is 23.6. The van der Waals surface area contributed by atoms with Gasteiger partial charge in [0.25, 0.3) is 0 Å². The van der Waals surface area contributed by atoms with Crippen molar-refractivity contribution in [2.45, 2.75) is 17.3 Å². The number of allylic oxidation sites excluding steroid dienone is 8. The minimum atomic E-state index is -0.340. The summed E-state index contributed by atoms with van der Waals surface area (Å²) in [4.78, 5) is 0. The summed E-state index contributed by atoms with van der Waals surface area (Å²) < 4.78 is -1.34.